The monoisotopic (exact) mass is 342 g/mol. The quantitative estimate of drug-likeness (QED) is 0.918. The van der Waals surface area contributed by atoms with Gasteiger partial charge in [0.2, 0.25) is 5.91 Å². The summed E-state index contributed by atoms with van der Waals surface area (Å²) in [6, 6.07) is 12.0. The number of aliphatic hydroxyl groups excluding tert-OH is 1. The Morgan fingerprint density at radius 1 is 1.40 bits per heavy atom. The fourth-order valence-electron chi connectivity index (χ4n) is 3.90. The molecule has 1 aromatic heterocycles. The number of ether oxygens (including phenoxy) is 1. The van der Waals surface area contributed by atoms with Crippen LogP contribution in [0.3, 0.4) is 0 Å². The first-order valence-corrected chi connectivity index (χ1v) is 8.63. The summed E-state index contributed by atoms with van der Waals surface area (Å²) in [7, 11) is 0. The fourth-order valence-corrected chi connectivity index (χ4v) is 3.90. The van der Waals surface area contributed by atoms with Crippen molar-refractivity contribution in [1.29, 1.82) is 0 Å². The van der Waals surface area contributed by atoms with Crippen LogP contribution in [0.4, 0.5) is 0 Å². The van der Waals surface area contributed by atoms with Gasteiger partial charge in [-0.3, -0.25) is 4.79 Å². The molecule has 2 fully saturated rings. The minimum Gasteiger partial charge on any atom is -0.388 e. The zero-order chi connectivity index (χ0) is 17.4. The van der Waals surface area contributed by atoms with Crippen LogP contribution >= 0.6 is 0 Å². The second-order valence-electron chi connectivity index (χ2n) is 7.09. The first-order valence-electron chi connectivity index (χ1n) is 8.63. The Kier molecular flexibility index (Phi) is 4.09. The Morgan fingerprint density at radius 3 is 2.92 bits per heavy atom. The summed E-state index contributed by atoms with van der Waals surface area (Å²) >= 11 is 0. The highest BCUT2D eigenvalue weighted by atomic mass is 16.5. The molecule has 2 aliphatic heterocycles. The molecule has 1 amide bonds. The Hall–Kier alpha value is -2.18. The van der Waals surface area contributed by atoms with E-state index in [9.17, 15) is 9.90 Å². The summed E-state index contributed by atoms with van der Waals surface area (Å²) < 4.78 is 11.2. The lowest BCUT2D eigenvalue weighted by Gasteiger charge is -2.26. The number of aryl methyl sites for hydroxylation is 1. The molecule has 0 aliphatic carbocycles. The molecular weight excluding hydrogens is 320 g/mol. The van der Waals surface area contributed by atoms with Crippen molar-refractivity contribution in [3.63, 3.8) is 0 Å². The van der Waals surface area contributed by atoms with Crippen LogP contribution in [-0.2, 0) is 16.0 Å². The predicted molar refractivity (Wildman–Crippen MR) is 90.0 cm³/mol. The maximum absolute atomic E-state index is 12.5. The third-order valence-corrected chi connectivity index (χ3v) is 5.25. The molecule has 2 saturated heterocycles. The number of hydrogen-bond donors (Lipinski definition) is 1. The molecule has 0 radical (unpaired) electrons. The van der Waals surface area contributed by atoms with E-state index in [1.165, 1.54) is 5.56 Å². The lowest BCUT2D eigenvalue weighted by Crippen LogP contribution is -2.41. The molecule has 132 valence electrons. The van der Waals surface area contributed by atoms with Gasteiger partial charge in [-0.25, -0.2) is 0 Å². The molecule has 1 spiro atoms. The molecule has 0 saturated carbocycles. The zero-order valence-electron chi connectivity index (χ0n) is 14.2. The minimum atomic E-state index is -0.665. The second kappa shape index (κ2) is 6.28. The van der Waals surface area contributed by atoms with E-state index < -0.39 is 11.7 Å². The fraction of sp³-hybridized carbons (Fsp3) is 0.474. The Balaban J connectivity index is 1.43. The summed E-state index contributed by atoms with van der Waals surface area (Å²) in [6.07, 6.45) is 0.219. The topological polar surface area (TPSA) is 75.8 Å². The number of rotatable bonds is 3. The highest BCUT2D eigenvalue weighted by Gasteiger charge is 2.53. The van der Waals surface area contributed by atoms with Crippen molar-refractivity contribution in [2.24, 2.45) is 0 Å². The normalized spacial score (nSPS) is 28.8. The first kappa shape index (κ1) is 16.3. The molecule has 2 aliphatic rings. The summed E-state index contributed by atoms with van der Waals surface area (Å²) in [6.45, 7) is 3.11. The highest BCUT2D eigenvalue weighted by molar-refractivity contribution is 5.78. The van der Waals surface area contributed by atoms with Crippen LogP contribution in [-0.4, -0.2) is 52.5 Å². The van der Waals surface area contributed by atoms with Crippen LogP contribution in [0, 0.1) is 6.92 Å². The average molecular weight is 342 g/mol. The van der Waals surface area contributed by atoms with Crippen LogP contribution in [0.5, 0.6) is 0 Å². The molecule has 6 nitrogen and oxygen atoms in total. The summed E-state index contributed by atoms with van der Waals surface area (Å²) in [4.78, 5) is 14.2. The SMILES string of the molecule is Cc1cc(CC(=O)N2C[C@@H](O)[C@@]3(C[C@@H](c4ccccc4)CO3)C2)on1. The molecule has 1 N–H and O–H groups in total. The molecule has 25 heavy (non-hydrogen) atoms. The Bertz CT molecular complexity index is 760. The molecule has 3 atom stereocenters. The zero-order valence-corrected chi connectivity index (χ0v) is 14.2. The smallest absolute Gasteiger partial charge is 0.230 e. The third-order valence-electron chi connectivity index (χ3n) is 5.25. The van der Waals surface area contributed by atoms with Gasteiger partial charge < -0.3 is 19.3 Å². The molecular formula is C19H22N2O4. The maximum Gasteiger partial charge on any atom is 0.230 e. The van der Waals surface area contributed by atoms with Crippen molar-refractivity contribution in [2.45, 2.75) is 37.4 Å². The van der Waals surface area contributed by atoms with E-state index in [2.05, 4.69) is 17.3 Å². The van der Waals surface area contributed by atoms with Crippen molar-refractivity contribution in [3.8, 4) is 0 Å². The maximum atomic E-state index is 12.5. The number of benzene rings is 1. The van der Waals surface area contributed by atoms with Crippen molar-refractivity contribution >= 4 is 5.91 Å². The van der Waals surface area contributed by atoms with Crippen LogP contribution < -0.4 is 0 Å². The number of amides is 1. The number of aliphatic hydroxyl groups is 1. The van der Waals surface area contributed by atoms with Gasteiger partial charge in [-0.2, -0.15) is 0 Å². The molecule has 4 rings (SSSR count). The Morgan fingerprint density at radius 2 is 2.20 bits per heavy atom. The largest absolute Gasteiger partial charge is 0.388 e. The number of hydrogen-bond acceptors (Lipinski definition) is 5. The Labute approximate surface area is 146 Å². The molecule has 2 aromatic rings. The predicted octanol–water partition coefficient (Wildman–Crippen LogP) is 1.67. The molecule has 0 unspecified atom stereocenters. The van der Waals surface area contributed by atoms with Crippen molar-refractivity contribution in [2.75, 3.05) is 19.7 Å². The average Bonchev–Trinajstić information content (AvgIpc) is 3.30. The van der Waals surface area contributed by atoms with Gasteiger partial charge in [0.1, 0.15) is 17.5 Å². The summed E-state index contributed by atoms with van der Waals surface area (Å²) in [5, 5.41) is 14.4. The number of nitrogens with zero attached hydrogens (tertiary/aromatic N) is 2. The van der Waals surface area contributed by atoms with Gasteiger partial charge in [0.25, 0.3) is 0 Å². The van der Waals surface area contributed by atoms with Crippen molar-refractivity contribution in [1.82, 2.24) is 10.1 Å². The van der Waals surface area contributed by atoms with Crippen molar-refractivity contribution in [3.05, 3.63) is 53.4 Å². The van der Waals surface area contributed by atoms with E-state index in [1.54, 1.807) is 11.0 Å². The van der Waals surface area contributed by atoms with Gasteiger partial charge >= 0.3 is 0 Å². The first-order chi connectivity index (χ1) is 12.1. The molecule has 3 heterocycles. The van der Waals surface area contributed by atoms with Gasteiger partial charge in [-0.1, -0.05) is 35.5 Å². The minimum absolute atomic E-state index is 0.0705. The number of aromatic nitrogens is 1. The van der Waals surface area contributed by atoms with E-state index in [0.29, 0.717) is 25.5 Å². The molecule has 1 aromatic carbocycles. The lowest BCUT2D eigenvalue weighted by molar-refractivity contribution is -0.130. The van der Waals surface area contributed by atoms with Gasteiger partial charge in [-0.05, 0) is 18.9 Å². The number of β-amino-alcohol motifs (C(OH)–C–C–N with tert-alkyl or cyclic N) is 1. The lowest BCUT2D eigenvalue weighted by atomic mass is 9.87. The standard InChI is InChI=1S/C19H22N2O4/c1-13-7-16(25-20-13)8-18(23)21-10-17(22)19(12-21)9-15(11-24-19)14-5-3-2-4-6-14/h2-7,15,17,22H,8-12H2,1H3/t15-,17-,19-/m1/s1. The van der Waals surface area contributed by atoms with E-state index in [0.717, 1.165) is 12.1 Å². The van der Waals surface area contributed by atoms with Crippen LogP contribution in [0.2, 0.25) is 0 Å². The van der Waals surface area contributed by atoms with Gasteiger partial charge in [-0.15, -0.1) is 0 Å². The van der Waals surface area contributed by atoms with Crippen LogP contribution in [0.15, 0.2) is 40.9 Å². The highest BCUT2D eigenvalue weighted by Crippen LogP contribution is 2.42. The van der Waals surface area contributed by atoms with Crippen molar-refractivity contribution < 1.29 is 19.2 Å². The van der Waals surface area contributed by atoms with E-state index in [-0.39, 0.29) is 18.2 Å². The summed E-state index contributed by atoms with van der Waals surface area (Å²) in [5.74, 6) is 0.731. The van der Waals surface area contributed by atoms with Gasteiger partial charge in [0, 0.05) is 18.5 Å². The van der Waals surface area contributed by atoms with E-state index >= 15 is 0 Å². The molecule has 6 heteroatoms. The van der Waals surface area contributed by atoms with Gasteiger partial charge in [0.15, 0.2) is 0 Å². The van der Waals surface area contributed by atoms with E-state index in [1.807, 2.05) is 25.1 Å². The third kappa shape index (κ3) is 3.07. The number of carbonyl (C=O) groups is 1. The van der Waals surface area contributed by atoms with Gasteiger partial charge in [0.05, 0.1) is 25.3 Å². The summed E-state index contributed by atoms with van der Waals surface area (Å²) in [5.41, 5.74) is 1.31. The second-order valence-corrected chi connectivity index (χ2v) is 7.09. The van der Waals surface area contributed by atoms with Crippen LogP contribution in [0.25, 0.3) is 0 Å². The molecule has 0 bridgehead atoms. The number of likely N-dealkylation sites (tertiary alicyclic amines) is 1. The van der Waals surface area contributed by atoms with E-state index in [4.69, 9.17) is 9.26 Å². The van der Waals surface area contributed by atoms with Crippen LogP contribution in [0.1, 0.15) is 29.4 Å². The number of carbonyl (C=O) groups excluding carboxylic acids is 1.